The molecule has 126 heavy (non-hydrogen) atoms. The third kappa shape index (κ3) is 79.2. The first kappa shape index (κ1) is 124. The van der Waals surface area contributed by atoms with Gasteiger partial charge in [-0.2, -0.15) is 0 Å². The molecule has 20 nitrogen and oxygen atoms in total. The second kappa shape index (κ2) is 91.1. The van der Waals surface area contributed by atoms with Crippen molar-refractivity contribution in [1.29, 1.82) is 0 Å². The van der Waals surface area contributed by atoms with Gasteiger partial charge < -0.3 is 67.8 Å². The van der Waals surface area contributed by atoms with Crippen LogP contribution >= 0.6 is 0 Å². The van der Waals surface area contributed by atoms with Gasteiger partial charge in [0.05, 0.1) is 6.10 Å². The summed E-state index contributed by atoms with van der Waals surface area (Å²) < 4.78 is 34.3. The topological polar surface area (TPSA) is 284 Å². The average molecular weight is 1780 g/mol. The Hall–Kier alpha value is -5.76. The van der Waals surface area contributed by atoms with E-state index in [-0.39, 0.29) is 80.0 Å². The van der Waals surface area contributed by atoms with Gasteiger partial charge in [0.2, 0.25) is 11.8 Å². The molecule has 0 aromatic carbocycles. The molecule has 0 aromatic rings. The minimum absolute atomic E-state index is 0.0733. The number of aldehydes is 6. The average Bonchev–Trinajstić information content (AvgIpc) is 0.860. The van der Waals surface area contributed by atoms with Crippen molar-refractivity contribution >= 4 is 73.4 Å². The smallest absolute Gasteiger partial charge is 0.333 e. The summed E-state index contributed by atoms with van der Waals surface area (Å²) in [5.74, 6) is 1.44. The van der Waals surface area contributed by atoms with Crippen molar-refractivity contribution in [2.45, 2.75) is 536 Å². The third-order valence-electron chi connectivity index (χ3n) is 24.4. The quantitative estimate of drug-likeness (QED) is 0.0188. The van der Waals surface area contributed by atoms with E-state index in [1.807, 2.05) is 0 Å². The van der Waals surface area contributed by atoms with Gasteiger partial charge >= 0.3 is 23.9 Å². The molecule has 0 fully saturated rings. The van der Waals surface area contributed by atoms with Crippen LogP contribution in [0.2, 0.25) is 0 Å². The highest BCUT2D eigenvalue weighted by atomic mass is 16.6. The molecule has 2 N–H and O–H groups in total. The van der Waals surface area contributed by atoms with E-state index in [1.54, 1.807) is 41.5 Å². The Balaban J connectivity index is -0.0000244. The second-order valence-electron chi connectivity index (χ2n) is 36.8. The van der Waals surface area contributed by atoms with Crippen molar-refractivity contribution in [2.24, 2.45) is 23.7 Å². The number of hydrogen-bond acceptors (Lipinski definition) is 18. The molecule has 20 heteroatoms. The largest absolute Gasteiger partial charge is 0.463 e. The monoisotopic (exact) mass is 1780 g/mol. The molecule has 11 atom stereocenters. The molecule has 0 aromatic heterocycles. The maximum atomic E-state index is 13.2. The summed E-state index contributed by atoms with van der Waals surface area (Å²) in [5.41, 5.74) is -0.636. The van der Waals surface area contributed by atoms with Crippen LogP contribution in [-0.4, -0.2) is 135 Å². The molecule has 0 aliphatic heterocycles. The first-order chi connectivity index (χ1) is 60.9. The summed E-state index contributed by atoms with van der Waals surface area (Å²) in [5, 5.41) is 6.10. The van der Waals surface area contributed by atoms with Crippen molar-refractivity contribution < 1.29 is 86.0 Å². The zero-order valence-electron chi connectivity index (χ0n) is 82.9. The van der Waals surface area contributed by atoms with E-state index in [0.717, 1.165) is 120 Å². The number of carbonyl (C=O) groups is 12. The summed E-state index contributed by atoms with van der Waals surface area (Å²) >= 11 is 0. The predicted octanol–water partition coefficient (Wildman–Crippen LogP) is 26.3. The van der Waals surface area contributed by atoms with Crippen LogP contribution in [-0.2, 0) is 86.0 Å². The first-order valence-electron chi connectivity index (χ1n) is 51.4. The zero-order chi connectivity index (χ0) is 94.2. The van der Waals surface area contributed by atoms with Crippen molar-refractivity contribution in [1.82, 2.24) is 10.6 Å². The van der Waals surface area contributed by atoms with Crippen molar-refractivity contribution in [3.8, 4) is 0 Å². The molecule has 0 spiro atoms. The molecular formula is C106H192N2O18. The normalized spacial score (nSPS) is 14.0. The van der Waals surface area contributed by atoms with Gasteiger partial charge in [-0.05, 0) is 105 Å². The summed E-state index contributed by atoms with van der Waals surface area (Å²) in [7, 11) is 0. The highest BCUT2D eigenvalue weighted by Gasteiger charge is 2.35. The Morgan fingerprint density at radius 3 is 0.921 bits per heavy atom. The number of rotatable bonds is 91. The number of carbonyl (C=O) groups excluding carboxylic acids is 12. The SMILES string of the molecule is C=C(C)C(=O)OC(C)CC(OC(=O)CCCCCCCCC(CCCCCCCC)C(CCCCCCCC)CCCCCCCCC(=O)NCCNC(=O)CCCCCCCCC(CCCCCCCC)C(CCCCCCCC)CCCCCCCCC(=O)OCC(C)(CC(C)OC(=O)C(=C)C)OC(C=O)CC=O)C(C)OC(C=O)CC=O.CC=O.CC=O. The van der Waals surface area contributed by atoms with Gasteiger partial charge in [-0.25, -0.2) is 9.59 Å². The van der Waals surface area contributed by atoms with E-state index >= 15 is 0 Å². The molecule has 11 unspecified atom stereocenters. The molecule has 0 rings (SSSR count). The van der Waals surface area contributed by atoms with E-state index < -0.39 is 54.2 Å². The Morgan fingerprint density at radius 2 is 0.627 bits per heavy atom. The van der Waals surface area contributed by atoms with Crippen LogP contribution in [0.5, 0.6) is 0 Å². The Kier molecular flexibility index (Phi) is 90.0. The molecule has 0 heterocycles. The van der Waals surface area contributed by atoms with E-state index in [1.165, 1.54) is 284 Å². The molecule has 734 valence electrons. The molecule has 0 saturated carbocycles. The predicted molar refractivity (Wildman–Crippen MR) is 515 cm³/mol. The lowest BCUT2D eigenvalue weighted by atomic mass is 9.78. The van der Waals surface area contributed by atoms with E-state index in [0.29, 0.717) is 57.5 Å². The van der Waals surface area contributed by atoms with Crippen molar-refractivity contribution in [3.63, 3.8) is 0 Å². The van der Waals surface area contributed by atoms with Gasteiger partial charge in [-0.15, -0.1) is 0 Å². The molecule has 0 aliphatic rings. The van der Waals surface area contributed by atoms with Gasteiger partial charge in [0.25, 0.3) is 0 Å². The fraction of sp³-hybridized carbons (Fsp3) is 0.849. The summed E-state index contributed by atoms with van der Waals surface area (Å²) in [6, 6.07) is 0. The Morgan fingerprint density at radius 1 is 0.357 bits per heavy atom. The molecular weight excluding hydrogens is 1590 g/mol. The maximum Gasteiger partial charge on any atom is 0.333 e. The first-order valence-corrected chi connectivity index (χ1v) is 51.4. The number of hydrogen-bond donors (Lipinski definition) is 2. The van der Waals surface area contributed by atoms with Crippen LogP contribution in [0.15, 0.2) is 24.3 Å². The lowest BCUT2D eigenvalue weighted by Crippen LogP contribution is -2.43. The van der Waals surface area contributed by atoms with Crippen LogP contribution in [0.3, 0.4) is 0 Å². The third-order valence-corrected chi connectivity index (χ3v) is 24.4. The fourth-order valence-corrected chi connectivity index (χ4v) is 17.1. The maximum absolute atomic E-state index is 13.2. The summed E-state index contributed by atoms with van der Waals surface area (Å²) in [4.78, 5) is 140. The molecule has 0 bridgehead atoms. The molecule has 0 radical (unpaired) electrons. The van der Waals surface area contributed by atoms with E-state index in [9.17, 15) is 47.9 Å². The number of ether oxygens (including phenoxy) is 6. The molecule has 0 saturated heterocycles. The standard InChI is InChI=1S/C102H184N2O16.2C2H4O/c1-13-17-21-25-37-49-61-89(91(63-51-39-27-23-19-15-3)67-55-43-31-35-47-59-71-98(111)115-83-102(12,120-94(82-108)74-78-106)80-87(10)117-101(114)85(7)8)65-53-41-29-33-45-57-69-96(109)103-75-76-104-97(110)70-58-46-34-30-42-54-66-90(62-50-38-26-22-18-14-2)92(64-52-40-28-24-20-16-4)68-56-44-32-36-48-60-72-99(112)119-95(79-86(9)116-100(113)84(5)6)88(11)118-93(81-107)73-77-105;2*1-2-3/h77-78,81-82,86-95H,5,7,13-76,79-80,83H2,1-4,6,8-12H3,(H,103,109)(H,104,110);2*2H,1H3. The van der Waals surface area contributed by atoms with Crippen LogP contribution in [0.1, 0.15) is 494 Å². The lowest BCUT2D eigenvalue weighted by Gasteiger charge is -2.33. The van der Waals surface area contributed by atoms with Gasteiger partial charge in [0, 0.05) is 75.6 Å². The summed E-state index contributed by atoms with van der Waals surface area (Å²) in [6.45, 7) is 30.1. The lowest BCUT2D eigenvalue weighted by molar-refractivity contribution is -0.171. The van der Waals surface area contributed by atoms with Crippen molar-refractivity contribution in [3.05, 3.63) is 24.3 Å². The van der Waals surface area contributed by atoms with Gasteiger partial charge in [-0.3, -0.25) is 19.2 Å². The zero-order valence-corrected chi connectivity index (χ0v) is 82.9. The highest BCUT2D eigenvalue weighted by Crippen LogP contribution is 2.37. The van der Waals surface area contributed by atoms with Crippen molar-refractivity contribution in [2.75, 3.05) is 19.7 Å². The van der Waals surface area contributed by atoms with Crippen LogP contribution in [0.4, 0.5) is 0 Å². The molecule has 0 aliphatic carbocycles. The number of nitrogens with one attached hydrogen (secondary N) is 2. The van der Waals surface area contributed by atoms with Gasteiger partial charge in [0.1, 0.15) is 80.4 Å². The highest BCUT2D eigenvalue weighted by molar-refractivity contribution is 5.87. The Bertz CT molecular complexity index is 2680. The number of amides is 2. The minimum Gasteiger partial charge on any atom is -0.463 e. The summed E-state index contributed by atoms with van der Waals surface area (Å²) in [6.07, 6.45) is 69.6. The minimum atomic E-state index is -1.16. The van der Waals surface area contributed by atoms with E-state index in [2.05, 4.69) is 51.5 Å². The van der Waals surface area contributed by atoms with Crippen LogP contribution in [0, 0.1) is 23.7 Å². The Labute approximate surface area is 769 Å². The fourth-order valence-electron chi connectivity index (χ4n) is 17.1. The second-order valence-corrected chi connectivity index (χ2v) is 36.8. The number of esters is 4. The van der Waals surface area contributed by atoms with Crippen LogP contribution in [0.25, 0.3) is 0 Å². The van der Waals surface area contributed by atoms with Gasteiger partial charge in [-0.1, -0.05) is 375 Å². The van der Waals surface area contributed by atoms with Gasteiger partial charge in [0.15, 0.2) is 0 Å². The van der Waals surface area contributed by atoms with Crippen LogP contribution < -0.4 is 10.6 Å². The molecule has 2 amide bonds. The van der Waals surface area contributed by atoms with E-state index in [4.69, 9.17) is 38.0 Å². The number of unbranched alkanes of at least 4 members (excludes halogenated alkanes) is 40.